The molecule has 0 spiro atoms. The average molecular weight is 324 g/mol. The van der Waals surface area contributed by atoms with Crippen LogP contribution in [0.3, 0.4) is 0 Å². The predicted molar refractivity (Wildman–Crippen MR) is 81.7 cm³/mol. The van der Waals surface area contributed by atoms with Gasteiger partial charge in [0.05, 0.1) is 12.3 Å². The van der Waals surface area contributed by atoms with Crippen molar-refractivity contribution in [3.63, 3.8) is 0 Å². The molecule has 0 atom stereocenters. The molecule has 9 heteroatoms. The van der Waals surface area contributed by atoms with E-state index >= 15 is 0 Å². The van der Waals surface area contributed by atoms with Crippen LogP contribution in [0.15, 0.2) is 5.16 Å². The van der Waals surface area contributed by atoms with Gasteiger partial charge in [-0.3, -0.25) is 9.59 Å². The van der Waals surface area contributed by atoms with Gasteiger partial charge in [0, 0.05) is 19.0 Å². The number of hydrogen-bond donors (Lipinski definition) is 2. The first-order chi connectivity index (χ1) is 10.5. The number of amides is 2. The molecule has 2 amide bonds. The average Bonchev–Trinajstić information content (AvgIpc) is 3.38. The van der Waals surface area contributed by atoms with Crippen molar-refractivity contribution >= 4 is 23.6 Å². The van der Waals surface area contributed by atoms with Gasteiger partial charge >= 0.3 is 0 Å². The fourth-order valence-electron chi connectivity index (χ4n) is 2.05. The molecule has 120 valence electrons. The Bertz CT molecular complexity index is 581. The van der Waals surface area contributed by atoms with E-state index in [1.807, 2.05) is 0 Å². The van der Waals surface area contributed by atoms with E-state index in [-0.39, 0.29) is 24.1 Å². The molecule has 8 nitrogen and oxygen atoms in total. The Hall–Kier alpha value is -1.77. The Kier molecular flexibility index (Phi) is 4.23. The summed E-state index contributed by atoms with van der Waals surface area (Å²) in [7, 11) is 1.62. The summed E-state index contributed by atoms with van der Waals surface area (Å²) < 4.78 is 1.47. The van der Waals surface area contributed by atoms with Crippen LogP contribution in [0.1, 0.15) is 37.4 Å². The Labute approximate surface area is 132 Å². The first-order valence-electron chi connectivity index (χ1n) is 7.41. The number of thioether (sulfide) groups is 1. The largest absolute Gasteiger partial charge is 0.352 e. The first-order valence-corrected chi connectivity index (χ1v) is 8.39. The maximum Gasteiger partial charge on any atom is 0.239 e. The Morgan fingerprint density at radius 3 is 2.73 bits per heavy atom. The number of hydrogen-bond acceptors (Lipinski definition) is 6. The van der Waals surface area contributed by atoms with Crippen LogP contribution in [-0.2, 0) is 9.59 Å². The van der Waals surface area contributed by atoms with Gasteiger partial charge in [-0.25, -0.2) is 4.68 Å². The fraction of sp³-hybridized carbons (Fsp3) is 0.692. The molecule has 0 saturated heterocycles. The standard InChI is InChI=1S/C13H20N6O2S/c1-18(6-10(20)15-9-4-5-9)11(21)7-22-13-17-16-12(19(13)14)8-2-3-8/h8-9H,2-7,14H2,1H3,(H,15,20). The van der Waals surface area contributed by atoms with Crippen molar-refractivity contribution in [1.82, 2.24) is 25.1 Å². The van der Waals surface area contributed by atoms with E-state index in [0.717, 1.165) is 31.5 Å². The molecule has 1 aromatic rings. The summed E-state index contributed by atoms with van der Waals surface area (Å²) in [6, 6.07) is 0.307. The van der Waals surface area contributed by atoms with Crippen LogP contribution >= 0.6 is 11.8 Å². The monoisotopic (exact) mass is 324 g/mol. The van der Waals surface area contributed by atoms with Crippen molar-refractivity contribution in [3.05, 3.63) is 5.82 Å². The van der Waals surface area contributed by atoms with Crippen molar-refractivity contribution in [1.29, 1.82) is 0 Å². The molecular weight excluding hydrogens is 304 g/mol. The van der Waals surface area contributed by atoms with Crippen LogP contribution in [0.25, 0.3) is 0 Å². The summed E-state index contributed by atoms with van der Waals surface area (Å²) in [5, 5.41) is 11.5. The molecule has 1 aromatic heterocycles. The minimum atomic E-state index is -0.132. The Morgan fingerprint density at radius 1 is 1.36 bits per heavy atom. The number of aromatic nitrogens is 3. The topological polar surface area (TPSA) is 106 Å². The van der Waals surface area contributed by atoms with Crippen LogP contribution in [0.2, 0.25) is 0 Å². The minimum absolute atomic E-state index is 0.0819. The zero-order valence-corrected chi connectivity index (χ0v) is 13.3. The molecular formula is C13H20N6O2S. The molecule has 0 unspecified atom stereocenters. The zero-order valence-electron chi connectivity index (χ0n) is 12.5. The van der Waals surface area contributed by atoms with Gasteiger partial charge in [-0.2, -0.15) is 0 Å². The summed E-state index contributed by atoms with van der Waals surface area (Å²) in [6.45, 7) is 0.0819. The van der Waals surface area contributed by atoms with Gasteiger partial charge in [-0.15, -0.1) is 10.2 Å². The fourth-order valence-corrected chi connectivity index (χ4v) is 2.85. The lowest BCUT2D eigenvalue weighted by Gasteiger charge is -2.16. The summed E-state index contributed by atoms with van der Waals surface area (Å²) in [5.41, 5.74) is 0. The van der Waals surface area contributed by atoms with Crippen LogP contribution in [0.4, 0.5) is 0 Å². The van der Waals surface area contributed by atoms with Gasteiger partial charge in [-0.1, -0.05) is 11.8 Å². The molecule has 2 aliphatic rings. The number of nitrogen functional groups attached to an aromatic ring is 1. The highest BCUT2D eigenvalue weighted by Crippen LogP contribution is 2.39. The molecule has 2 fully saturated rings. The molecule has 0 radical (unpaired) electrons. The van der Waals surface area contributed by atoms with Gasteiger partial charge in [0.15, 0.2) is 5.82 Å². The van der Waals surface area contributed by atoms with E-state index < -0.39 is 0 Å². The third-order valence-electron chi connectivity index (χ3n) is 3.71. The summed E-state index contributed by atoms with van der Waals surface area (Å²) in [6.07, 6.45) is 4.26. The van der Waals surface area contributed by atoms with Gasteiger partial charge in [0.1, 0.15) is 0 Å². The maximum absolute atomic E-state index is 12.0. The van der Waals surface area contributed by atoms with Crippen LogP contribution in [-0.4, -0.2) is 57.0 Å². The van der Waals surface area contributed by atoms with Gasteiger partial charge in [-0.05, 0) is 25.7 Å². The molecule has 22 heavy (non-hydrogen) atoms. The highest BCUT2D eigenvalue weighted by atomic mass is 32.2. The van der Waals surface area contributed by atoms with E-state index in [1.165, 1.54) is 21.3 Å². The van der Waals surface area contributed by atoms with Crippen molar-refractivity contribution < 1.29 is 9.59 Å². The molecule has 0 aromatic carbocycles. The lowest BCUT2D eigenvalue weighted by atomic mass is 10.4. The first kappa shape index (κ1) is 15.1. The quantitative estimate of drug-likeness (QED) is 0.527. The van der Waals surface area contributed by atoms with E-state index in [0.29, 0.717) is 17.1 Å². The van der Waals surface area contributed by atoms with Crippen molar-refractivity contribution in [3.8, 4) is 0 Å². The summed E-state index contributed by atoms with van der Waals surface area (Å²) in [5.74, 6) is 7.07. The molecule has 3 N–H and O–H groups in total. The Balaban J connectivity index is 1.45. The SMILES string of the molecule is CN(CC(=O)NC1CC1)C(=O)CSc1nnc(C2CC2)n1N. The second kappa shape index (κ2) is 6.15. The molecule has 2 saturated carbocycles. The number of nitrogens with one attached hydrogen (secondary N) is 1. The highest BCUT2D eigenvalue weighted by Gasteiger charge is 2.30. The van der Waals surface area contributed by atoms with Crippen LogP contribution < -0.4 is 11.2 Å². The molecule has 0 aliphatic heterocycles. The lowest BCUT2D eigenvalue weighted by molar-refractivity contribution is -0.132. The summed E-state index contributed by atoms with van der Waals surface area (Å²) in [4.78, 5) is 25.1. The van der Waals surface area contributed by atoms with E-state index in [9.17, 15) is 9.59 Å². The number of nitrogens with two attached hydrogens (primary N) is 1. The highest BCUT2D eigenvalue weighted by molar-refractivity contribution is 7.99. The second-order valence-corrected chi connectivity index (χ2v) is 6.81. The molecule has 2 aliphatic carbocycles. The smallest absolute Gasteiger partial charge is 0.239 e. The van der Waals surface area contributed by atoms with Crippen LogP contribution in [0, 0.1) is 0 Å². The lowest BCUT2D eigenvalue weighted by Crippen LogP contribution is -2.39. The molecule has 3 rings (SSSR count). The van der Waals surface area contributed by atoms with Gasteiger partial charge in [0.25, 0.3) is 0 Å². The number of rotatable bonds is 7. The van der Waals surface area contributed by atoms with Crippen LogP contribution in [0.5, 0.6) is 0 Å². The Morgan fingerprint density at radius 2 is 2.09 bits per heavy atom. The van der Waals surface area contributed by atoms with Crippen molar-refractivity contribution in [2.24, 2.45) is 0 Å². The normalized spacial score (nSPS) is 17.3. The van der Waals surface area contributed by atoms with Gasteiger partial charge < -0.3 is 16.1 Å². The number of nitrogens with zero attached hydrogens (tertiary/aromatic N) is 4. The minimum Gasteiger partial charge on any atom is -0.352 e. The van der Waals surface area contributed by atoms with Gasteiger partial charge in [0.2, 0.25) is 17.0 Å². The summed E-state index contributed by atoms with van der Waals surface area (Å²) >= 11 is 1.24. The molecule has 0 bridgehead atoms. The van der Waals surface area contributed by atoms with Crippen molar-refractivity contribution in [2.75, 3.05) is 25.2 Å². The van der Waals surface area contributed by atoms with E-state index in [4.69, 9.17) is 5.84 Å². The third-order valence-corrected chi connectivity index (χ3v) is 4.63. The number of carbonyl (C=O) groups is 2. The van der Waals surface area contributed by atoms with E-state index in [1.54, 1.807) is 7.05 Å². The maximum atomic E-state index is 12.0. The zero-order chi connectivity index (χ0) is 15.7. The number of likely N-dealkylation sites (N-methyl/N-ethyl adjacent to an activating group) is 1. The predicted octanol–water partition coefficient (Wildman–Crippen LogP) is -0.302. The molecule has 1 heterocycles. The second-order valence-electron chi connectivity index (χ2n) is 5.87. The third kappa shape index (κ3) is 3.70. The van der Waals surface area contributed by atoms with E-state index in [2.05, 4.69) is 15.5 Å². The number of carbonyl (C=O) groups excluding carboxylic acids is 2. The van der Waals surface area contributed by atoms with Crippen molar-refractivity contribution in [2.45, 2.75) is 42.8 Å².